The Balaban J connectivity index is 1.86. The van der Waals surface area contributed by atoms with Crippen molar-refractivity contribution in [2.24, 2.45) is 4.99 Å². The van der Waals surface area contributed by atoms with Gasteiger partial charge < -0.3 is 14.2 Å². The van der Waals surface area contributed by atoms with Gasteiger partial charge in [0, 0.05) is 5.56 Å². The number of hydrogen-bond donors (Lipinski definition) is 0. The number of methoxy groups -OCH3 is 2. The third-order valence-corrected chi connectivity index (χ3v) is 8.18. The van der Waals surface area contributed by atoms with E-state index in [1.54, 1.807) is 56.5 Å². The molecule has 4 aromatic rings. The quantitative estimate of drug-likeness (QED) is 0.273. The van der Waals surface area contributed by atoms with E-state index >= 15 is 0 Å². The third kappa shape index (κ3) is 5.06. The lowest BCUT2D eigenvalue weighted by molar-refractivity contribution is -0.138. The predicted octanol–water partition coefficient (Wildman–Crippen LogP) is 5.26. The molecule has 3 aromatic carbocycles. The smallest absolute Gasteiger partial charge is 0.338 e. The molecular formula is C30H24Cl2N2O5S. The zero-order chi connectivity index (χ0) is 28.4. The number of nitrogens with zero attached hydrogens (tertiary/aromatic N) is 2. The maximum absolute atomic E-state index is 14.0. The molecule has 1 aliphatic rings. The second-order valence-electron chi connectivity index (χ2n) is 8.69. The van der Waals surface area contributed by atoms with Crippen molar-refractivity contribution in [3.63, 3.8) is 0 Å². The number of benzene rings is 3. The van der Waals surface area contributed by atoms with E-state index in [9.17, 15) is 9.59 Å². The molecule has 204 valence electrons. The molecule has 0 saturated carbocycles. The number of esters is 1. The van der Waals surface area contributed by atoms with Crippen LogP contribution in [0.2, 0.25) is 10.0 Å². The first kappa shape index (κ1) is 27.7. The fourth-order valence-corrected chi connectivity index (χ4v) is 5.91. The molecule has 5 rings (SSSR count). The van der Waals surface area contributed by atoms with Gasteiger partial charge in [-0.15, -0.1) is 0 Å². The second-order valence-corrected chi connectivity index (χ2v) is 10.5. The highest BCUT2D eigenvalue weighted by atomic mass is 35.5. The summed E-state index contributed by atoms with van der Waals surface area (Å²) in [5, 5.41) is 0.714. The Morgan fingerprint density at radius 3 is 2.48 bits per heavy atom. The van der Waals surface area contributed by atoms with Gasteiger partial charge in [-0.2, -0.15) is 0 Å². The maximum Gasteiger partial charge on any atom is 0.338 e. The molecule has 40 heavy (non-hydrogen) atoms. The first-order valence-electron chi connectivity index (χ1n) is 12.3. The van der Waals surface area contributed by atoms with E-state index in [2.05, 4.69) is 0 Å². The minimum Gasteiger partial charge on any atom is -0.493 e. The van der Waals surface area contributed by atoms with Gasteiger partial charge in [0.05, 0.1) is 52.7 Å². The summed E-state index contributed by atoms with van der Waals surface area (Å²) in [5.74, 6) is 0.394. The van der Waals surface area contributed by atoms with E-state index < -0.39 is 12.0 Å². The molecule has 0 unspecified atom stereocenters. The van der Waals surface area contributed by atoms with Gasteiger partial charge in [0.2, 0.25) is 0 Å². The van der Waals surface area contributed by atoms with Crippen molar-refractivity contribution in [2.45, 2.75) is 13.0 Å². The molecule has 10 heteroatoms. The molecule has 2 heterocycles. The summed E-state index contributed by atoms with van der Waals surface area (Å²) in [5.41, 5.74) is 2.25. The average Bonchev–Trinajstić information content (AvgIpc) is 3.29. The van der Waals surface area contributed by atoms with Gasteiger partial charge in [-0.05, 0) is 42.3 Å². The molecule has 0 bridgehead atoms. The molecule has 0 N–H and O–H groups in total. The minimum absolute atomic E-state index is 0.154. The number of hydrogen-bond acceptors (Lipinski definition) is 7. The van der Waals surface area contributed by atoms with E-state index in [0.717, 1.165) is 0 Å². The molecule has 0 aliphatic carbocycles. The molecule has 1 aromatic heterocycles. The molecule has 0 amide bonds. The SMILES string of the molecule is CCOC(=O)C1=C(c2ccccc2)N=c2s/c(=C\c3cccc(Cl)c3Cl)c(=O)n2[C@H]1c1ccc(OC)c(OC)c1. The predicted molar refractivity (Wildman–Crippen MR) is 157 cm³/mol. The van der Waals surface area contributed by atoms with Gasteiger partial charge in [-0.3, -0.25) is 9.36 Å². The average molecular weight is 596 g/mol. The molecule has 7 nitrogen and oxygen atoms in total. The number of thiazole rings is 1. The van der Waals surface area contributed by atoms with Crippen molar-refractivity contribution >= 4 is 52.3 Å². The Morgan fingerprint density at radius 2 is 1.77 bits per heavy atom. The number of halogens is 2. The fraction of sp³-hybridized carbons (Fsp3) is 0.167. The van der Waals surface area contributed by atoms with E-state index in [1.807, 2.05) is 30.3 Å². The Labute approximate surface area is 244 Å². The molecule has 0 saturated heterocycles. The van der Waals surface area contributed by atoms with Gasteiger partial charge >= 0.3 is 5.97 Å². The zero-order valence-corrected chi connectivity index (χ0v) is 24.1. The number of rotatable bonds is 7. The monoisotopic (exact) mass is 594 g/mol. The van der Waals surface area contributed by atoms with Crippen molar-refractivity contribution in [3.05, 3.63) is 119 Å². The highest BCUT2D eigenvalue weighted by Gasteiger charge is 2.35. The lowest BCUT2D eigenvalue weighted by atomic mass is 9.93. The van der Waals surface area contributed by atoms with Crippen LogP contribution in [0.4, 0.5) is 0 Å². The summed E-state index contributed by atoms with van der Waals surface area (Å²) in [4.78, 5) is 32.9. The van der Waals surface area contributed by atoms with Crippen LogP contribution in [0.3, 0.4) is 0 Å². The van der Waals surface area contributed by atoms with Crippen LogP contribution in [0.1, 0.15) is 29.7 Å². The normalized spacial score (nSPS) is 14.9. The Morgan fingerprint density at radius 1 is 1.02 bits per heavy atom. The van der Waals surface area contributed by atoms with Crippen LogP contribution in [-0.4, -0.2) is 31.4 Å². The first-order valence-corrected chi connectivity index (χ1v) is 13.9. The number of aromatic nitrogens is 1. The van der Waals surface area contributed by atoms with Crippen LogP contribution in [0, 0.1) is 0 Å². The first-order chi connectivity index (χ1) is 19.4. The second kappa shape index (κ2) is 11.7. The lowest BCUT2D eigenvalue weighted by Crippen LogP contribution is -2.40. The number of ether oxygens (including phenoxy) is 3. The Bertz CT molecular complexity index is 1810. The molecule has 0 fully saturated rings. The largest absolute Gasteiger partial charge is 0.493 e. The Hall–Kier alpha value is -3.85. The summed E-state index contributed by atoms with van der Waals surface area (Å²) >= 11 is 13.8. The van der Waals surface area contributed by atoms with E-state index in [4.69, 9.17) is 42.4 Å². The van der Waals surface area contributed by atoms with Gasteiger partial charge in [-0.1, -0.05) is 83.1 Å². The fourth-order valence-electron chi connectivity index (χ4n) is 4.55. The van der Waals surface area contributed by atoms with Crippen LogP contribution in [0.15, 0.2) is 82.1 Å². The van der Waals surface area contributed by atoms with Crippen LogP contribution in [-0.2, 0) is 9.53 Å². The summed E-state index contributed by atoms with van der Waals surface area (Å²) in [6.07, 6.45) is 1.68. The third-order valence-electron chi connectivity index (χ3n) is 6.37. The maximum atomic E-state index is 14.0. The van der Waals surface area contributed by atoms with Crippen molar-refractivity contribution in [1.29, 1.82) is 0 Å². The van der Waals surface area contributed by atoms with Gasteiger partial charge in [-0.25, -0.2) is 9.79 Å². The van der Waals surface area contributed by atoms with E-state index in [0.29, 0.717) is 53.3 Å². The topological polar surface area (TPSA) is 79.1 Å². The standard InChI is InChI=1S/C30H24Cl2N2O5S/c1-4-39-29(36)24-26(17-9-6-5-7-10-17)33-30-34(27(24)19-13-14-21(37-2)22(15-19)38-3)28(35)23(40-30)16-18-11-8-12-20(31)25(18)32/h5-16,27H,4H2,1-3H3/b23-16-/t27-/m0/s1. The summed E-state index contributed by atoms with van der Waals surface area (Å²) in [6.45, 7) is 1.89. The van der Waals surface area contributed by atoms with E-state index in [-0.39, 0.29) is 17.7 Å². The van der Waals surface area contributed by atoms with Crippen molar-refractivity contribution in [2.75, 3.05) is 20.8 Å². The van der Waals surface area contributed by atoms with Crippen LogP contribution in [0.5, 0.6) is 11.5 Å². The number of fused-ring (bicyclic) bond motifs is 1. The molecule has 0 spiro atoms. The molecule has 0 radical (unpaired) electrons. The van der Waals surface area contributed by atoms with E-state index in [1.165, 1.54) is 23.0 Å². The van der Waals surface area contributed by atoms with Crippen LogP contribution in [0.25, 0.3) is 11.8 Å². The lowest BCUT2D eigenvalue weighted by Gasteiger charge is -2.26. The molecular weight excluding hydrogens is 571 g/mol. The highest BCUT2D eigenvalue weighted by Crippen LogP contribution is 2.38. The zero-order valence-electron chi connectivity index (χ0n) is 21.8. The van der Waals surface area contributed by atoms with Gasteiger partial charge in [0.15, 0.2) is 16.3 Å². The molecule has 1 atom stereocenters. The van der Waals surface area contributed by atoms with Crippen molar-refractivity contribution in [3.8, 4) is 11.5 Å². The summed E-state index contributed by atoms with van der Waals surface area (Å²) < 4.78 is 18.4. The summed E-state index contributed by atoms with van der Waals surface area (Å²) in [6, 6.07) is 19.0. The minimum atomic E-state index is -0.859. The Kier molecular flexibility index (Phi) is 8.12. The summed E-state index contributed by atoms with van der Waals surface area (Å²) in [7, 11) is 3.07. The molecule has 1 aliphatic heterocycles. The van der Waals surface area contributed by atoms with Crippen LogP contribution >= 0.6 is 34.5 Å². The van der Waals surface area contributed by atoms with Gasteiger partial charge in [0.25, 0.3) is 5.56 Å². The van der Waals surface area contributed by atoms with Gasteiger partial charge in [0.1, 0.15) is 0 Å². The van der Waals surface area contributed by atoms with Crippen molar-refractivity contribution < 1.29 is 19.0 Å². The number of carbonyl (C=O) groups is 1. The highest BCUT2D eigenvalue weighted by molar-refractivity contribution is 7.07. The van der Waals surface area contributed by atoms with Crippen LogP contribution < -0.4 is 24.4 Å². The number of carbonyl (C=O) groups excluding carboxylic acids is 1. The van der Waals surface area contributed by atoms with Crippen molar-refractivity contribution in [1.82, 2.24) is 4.57 Å².